The van der Waals surface area contributed by atoms with Gasteiger partial charge in [0.25, 0.3) is 0 Å². The first-order valence-electron chi connectivity index (χ1n) is 6.36. The number of rotatable bonds is 8. The van der Waals surface area contributed by atoms with Crippen molar-refractivity contribution >= 4 is 11.6 Å². The first kappa shape index (κ1) is 13.3. The molecule has 0 aromatic heterocycles. The quantitative estimate of drug-likeness (QED) is 0.511. The summed E-state index contributed by atoms with van der Waals surface area (Å²) < 4.78 is 0. The van der Waals surface area contributed by atoms with Crippen molar-refractivity contribution in [3.05, 3.63) is 0 Å². The third kappa shape index (κ3) is 7.15. The van der Waals surface area contributed by atoms with Gasteiger partial charge in [0.1, 0.15) is 0 Å². The highest BCUT2D eigenvalue weighted by Gasteiger charge is 2.09. The number of halogens is 1. The number of hydrogen-bond donors (Lipinski definition) is 1. The van der Waals surface area contributed by atoms with Gasteiger partial charge >= 0.3 is 0 Å². The molecular formula is C12H25ClN2. The van der Waals surface area contributed by atoms with Crippen LogP contribution in [0.2, 0.25) is 0 Å². The number of likely N-dealkylation sites (tertiary alicyclic amines) is 1. The highest BCUT2D eigenvalue weighted by atomic mass is 35.5. The van der Waals surface area contributed by atoms with Crippen LogP contribution in [0.25, 0.3) is 0 Å². The molecule has 0 aromatic rings. The third-order valence-corrected chi connectivity index (χ3v) is 3.20. The molecule has 3 heteroatoms. The molecule has 1 aliphatic rings. The zero-order chi connectivity index (χ0) is 10.9. The minimum absolute atomic E-state index is 0.330. The molecule has 1 saturated heterocycles. The molecule has 0 radical (unpaired) electrons. The van der Waals surface area contributed by atoms with Crippen molar-refractivity contribution < 1.29 is 0 Å². The topological polar surface area (TPSA) is 15.3 Å². The van der Waals surface area contributed by atoms with Crippen molar-refractivity contribution in [1.82, 2.24) is 10.2 Å². The lowest BCUT2D eigenvalue weighted by Gasteiger charge is -2.14. The predicted molar refractivity (Wildman–Crippen MR) is 67.7 cm³/mol. The van der Waals surface area contributed by atoms with Gasteiger partial charge in [0, 0.05) is 5.38 Å². The van der Waals surface area contributed by atoms with Crippen molar-refractivity contribution in [2.75, 3.05) is 32.7 Å². The van der Waals surface area contributed by atoms with Gasteiger partial charge in [-0.1, -0.05) is 0 Å². The molecule has 0 saturated carbocycles. The van der Waals surface area contributed by atoms with Crippen LogP contribution in [0.4, 0.5) is 0 Å². The van der Waals surface area contributed by atoms with E-state index >= 15 is 0 Å². The highest BCUT2D eigenvalue weighted by Crippen LogP contribution is 2.07. The predicted octanol–water partition coefficient (Wildman–Crippen LogP) is 2.47. The lowest BCUT2D eigenvalue weighted by molar-refractivity contribution is 0.331. The van der Waals surface area contributed by atoms with Crippen molar-refractivity contribution in [2.24, 2.45) is 0 Å². The Bertz CT molecular complexity index is 145. The van der Waals surface area contributed by atoms with E-state index in [1.165, 1.54) is 45.3 Å². The second kappa shape index (κ2) is 8.37. The highest BCUT2D eigenvalue weighted by molar-refractivity contribution is 6.20. The standard InChI is InChI=1S/C12H25ClN2/c1-12(13)6-4-7-14-8-5-11-15-9-2-3-10-15/h12,14H,2-11H2,1H3. The van der Waals surface area contributed by atoms with Gasteiger partial charge in [0.15, 0.2) is 0 Å². The molecule has 1 fully saturated rings. The monoisotopic (exact) mass is 232 g/mol. The van der Waals surface area contributed by atoms with Crippen LogP contribution in [-0.4, -0.2) is 43.0 Å². The first-order chi connectivity index (χ1) is 7.29. The maximum absolute atomic E-state index is 5.87. The number of hydrogen-bond acceptors (Lipinski definition) is 2. The zero-order valence-electron chi connectivity index (χ0n) is 9.97. The molecule has 2 nitrogen and oxygen atoms in total. The lowest BCUT2D eigenvalue weighted by Crippen LogP contribution is -2.25. The normalized spacial score (nSPS) is 19.6. The molecule has 0 aliphatic carbocycles. The average molecular weight is 233 g/mol. The maximum Gasteiger partial charge on any atom is 0.0308 e. The Morgan fingerprint density at radius 1 is 1.20 bits per heavy atom. The molecular weight excluding hydrogens is 208 g/mol. The summed E-state index contributed by atoms with van der Waals surface area (Å²) in [5, 5.41) is 3.81. The van der Waals surface area contributed by atoms with Gasteiger partial charge < -0.3 is 10.2 Å². The van der Waals surface area contributed by atoms with Crippen molar-refractivity contribution in [3.8, 4) is 0 Å². The van der Waals surface area contributed by atoms with Gasteiger partial charge in [0.05, 0.1) is 0 Å². The van der Waals surface area contributed by atoms with Crippen LogP contribution in [0.1, 0.15) is 39.0 Å². The van der Waals surface area contributed by atoms with Crippen LogP contribution in [0, 0.1) is 0 Å². The second-order valence-corrected chi connectivity index (χ2v) is 5.32. The van der Waals surface area contributed by atoms with Crippen LogP contribution >= 0.6 is 11.6 Å². The van der Waals surface area contributed by atoms with E-state index in [1.54, 1.807) is 0 Å². The molecule has 90 valence electrons. The van der Waals surface area contributed by atoms with Gasteiger partial charge in [-0.3, -0.25) is 0 Å². The fourth-order valence-corrected chi connectivity index (χ4v) is 2.22. The summed E-state index contributed by atoms with van der Waals surface area (Å²) in [5.74, 6) is 0. The van der Waals surface area contributed by atoms with E-state index in [4.69, 9.17) is 11.6 Å². The molecule has 0 spiro atoms. The Hall–Kier alpha value is 0.210. The molecule has 1 unspecified atom stereocenters. The van der Waals surface area contributed by atoms with Gasteiger partial charge in [-0.25, -0.2) is 0 Å². The SMILES string of the molecule is CC(Cl)CCCNCCCN1CCCC1. The number of nitrogens with zero attached hydrogens (tertiary/aromatic N) is 1. The van der Waals surface area contributed by atoms with Gasteiger partial charge in [-0.15, -0.1) is 11.6 Å². The maximum atomic E-state index is 5.87. The van der Waals surface area contributed by atoms with Crippen LogP contribution in [0.15, 0.2) is 0 Å². The smallest absolute Gasteiger partial charge is 0.0308 e. The van der Waals surface area contributed by atoms with E-state index in [2.05, 4.69) is 17.1 Å². The second-order valence-electron chi connectivity index (χ2n) is 4.58. The first-order valence-corrected chi connectivity index (χ1v) is 6.80. The summed E-state index contributed by atoms with van der Waals surface area (Å²) in [6.07, 6.45) is 6.42. The summed E-state index contributed by atoms with van der Waals surface area (Å²) in [7, 11) is 0. The molecule has 1 heterocycles. The Balaban J connectivity index is 1.76. The largest absolute Gasteiger partial charge is 0.317 e. The molecule has 15 heavy (non-hydrogen) atoms. The molecule has 0 bridgehead atoms. The summed E-state index contributed by atoms with van der Waals surface area (Å²) in [6, 6.07) is 0. The van der Waals surface area contributed by atoms with E-state index in [0.717, 1.165) is 19.5 Å². The van der Waals surface area contributed by atoms with E-state index in [0.29, 0.717) is 5.38 Å². The minimum atomic E-state index is 0.330. The minimum Gasteiger partial charge on any atom is -0.317 e. The van der Waals surface area contributed by atoms with Crippen molar-refractivity contribution in [1.29, 1.82) is 0 Å². The van der Waals surface area contributed by atoms with Crippen LogP contribution in [0.3, 0.4) is 0 Å². The molecule has 1 rings (SSSR count). The van der Waals surface area contributed by atoms with E-state index in [-0.39, 0.29) is 0 Å². The fourth-order valence-electron chi connectivity index (χ4n) is 2.07. The molecule has 0 aromatic carbocycles. The van der Waals surface area contributed by atoms with Gasteiger partial charge in [0.2, 0.25) is 0 Å². The molecule has 0 amide bonds. The fraction of sp³-hybridized carbons (Fsp3) is 1.00. The summed E-state index contributed by atoms with van der Waals surface area (Å²) in [6.45, 7) is 8.27. The molecule has 1 N–H and O–H groups in total. The number of nitrogens with one attached hydrogen (secondary N) is 1. The number of alkyl halides is 1. The van der Waals surface area contributed by atoms with Crippen molar-refractivity contribution in [3.63, 3.8) is 0 Å². The Kier molecular flexibility index (Phi) is 7.41. The summed E-state index contributed by atoms with van der Waals surface area (Å²) in [5.41, 5.74) is 0. The van der Waals surface area contributed by atoms with E-state index in [1.807, 2.05) is 0 Å². The van der Waals surface area contributed by atoms with Crippen LogP contribution < -0.4 is 5.32 Å². The third-order valence-electron chi connectivity index (χ3n) is 2.98. The summed E-state index contributed by atoms with van der Waals surface area (Å²) in [4.78, 5) is 2.57. The molecule has 1 aliphatic heterocycles. The van der Waals surface area contributed by atoms with Crippen molar-refractivity contribution in [2.45, 2.75) is 44.4 Å². The summed E-state index contributed by atoms with van der Waals surface area (Å²) >= 11 is 5.87. The Morgan fingerprint density at radius 3 is 2.53 bits per heavy atom. The van der Waals surface area contributed by atoms with Gasteiger partial charge in [-0.2, -0.15) is 0 Å². The van der Waals surface area contributed by atoms with Crippen LogP contribution in [-0.2, 0) is 0 Å². The lowest BCUT2D eigenvalue weighted by atomic mass is 10.2. The zero-order valence-corrected chi connectivity index (χ0v) is 10.7. The Morgan fingerprint density at radius 2 is 1.87 bits per heavy atom. The average Bonchev–Trinajstić information content (AvgIpc) is 2.68. The van der Waals surface area contributed by atoms with Gasteiger partial charge in [-0.05, 0) is 71.8 Å². The van der Waals surface area contributed by atoms with Crippen LogP contribution in [0.5, 0.6) is 0 Å². The van der Waals surface area contributed by atoms with E-state index in [9.17, 15) is 0 Å². The molecule has 1 atom stereocenters. The Labute approximate surface area is 99.4 Å². The van der Waals surface area contributed by atoms with E-state index < -0.39 is 0 Å².